The maximum absolute atomic E-state index is 6.40. The summed E-state index contributed by atoms with van der Waals surface area (Å²) in [7, 11) is 0. The summed E-state index contributed by atoms with van der Waals surface area (Å²) in [5.41, 5.74) is 6.40. The quantitative estimate of drug-likeness (QED) is 0.687. The van der Waals surface area contributed by atoms with Gasteiger partial charge in [-0.1, -0.05) is 32.6 Å². The van der Waals surface area contributed by atoms with Crippen molar-refractivity contribution < 1.29 is 0 Å². The van der Waals surface area contributed by atoms with Crippen LogP contribution in [0.1, 0.15) is 58.3 Å². The molecule has 0 spiro atoms. The normalized spacial score (nSPS) is 29.6. The predicted octanol–water partition coefficient (Wildman–Crippen LogP) is 3.33. The second-order valence-corrected chi connectivity index (χ2v) is 5.53. The van der Waals surface area contributed by atoms with Crippen LogP contribution in [0, 0.1) is 17.8 Å². The van der Waals surface area contributed by atoms with E-state index in [0.29, 0.717) is 6.04 Å². The van der Waals surface area contributed by atoms with Gasteiger partial charge in [-0.25, -0.2) is 0 Å². The molecule has 82 valence electrons. The van der Waals surface area contributed by atoms with Crippen LogP contribution >= 0.6 is 0 Å². The van der Waals surface area contributed by atoms with E-state index >= 15 is 0 Å². The van der Waals surface area contributed by atoms with Gasteiger partial charge in [-0.15, -0.1) is 0 Å². The highest BCUT2D eigenvalue weighted by Crippen LogP contribution is 2.40. The maximum Gasteiger partial charge on any atom is 0.00956 e. The molecule has 0 aromatic rings. The number of rotatable bonds is 3. The van der Waals surface area contributed by atoms with E-state index in [1.54, 1.807) is 0 Å². The Hall–Kier alpha value is -0.0400. The molecule has 0 saturated heterocycles. The predicted molar refractivity (Wildman–Crippen MR) is 61.1 cm³/mol. The summed E-state index contributed by atoms with van der Waals surface area (Å²) in [6.07, 6.45) is 11.4. The highest BCUT2D eigenvalue weighted by atomic mass is 14.7. The summed E-state index contributed by atoms with van der Waals surface area (Å²) in [6.45, 7) is 2.38. The van der Waals surface area contributed by atoms with Gasteiger partial charge in [0.25, 0.3) is 0 Å². The van der Waals surface area contributed by atoms with Crippen molar-refractivity contribution in [1.29, 1.82) is 0 Å². The molecule has 2 N–H and O–H groups in total. The van der Waals surface area contributed by atoms with Gasteiger partial charge in [0.05, 0.1) is 0 Å². The minimum absolute atomic E-state index is 0.501. The van der Waals surface area contributed by atoms with E-state index in [2.05, 4.69) is 6.92 Å². The Morgan fingerprint density at radius 3 is 1.93 bits per heavy atom. The molecule has 0 radical (unpaired) electrons. The molecule has 2 atom stereocenters. The van der Waals surface area contributed by atoms with Crippen molar-refractivity contribution >= 4 is 0 Å². The van der Waals surface area contributed by atoms with Crippen LogP contribution in [0.3, 0.4) is 0 Å². The zero-order valence-corrected chi connectivity index (χ0v) is 9.54. The van der Waals surface area contributed by atoms with Crippen LogP contribution in [0.2, 0.25) is 0 Å². The molecule has 0 heterocycles. The molecule has 0 aromatic heterocycles. The summed E-state index contributed by atoms with van der Waals surface area (Å²) in [4.78, 5) is 0. The number of hydrogen-bond donors (Lipinski definition) is 1. The first-order chi connectivity index (χ1) is 6.79. The van der Waals surface area contributed by atoms with Crippen LogP contribution in [-0.2, 0) is 0 Å². The van der Waals surface area contributed by atoms with E-state index in [9.17, 15) is 0 Å². The minimum Gasteiger partial charge on any atom is -0.327 e. The number of hydrogen-bond acceptors (Lipinski definition) is 1. The van der Waals surface area contributed by atoms with Crippen LogP contribution < -0.4 is 5.73 Å². The van der Waals surface area contributed by atoms with Crippen LogP contribution in [0.15, 0.2) is 0 Å². The van der Waals surface area contributed by atoms with Crippen LogP contribution in [0.5, 0.6) is 0 Å². The molecule has 14 heavy (non-hydrogen) atoms. The average Bonchev–Trinajstić information content (AvgIpc) is 3.02. The Bertz CT molecular complexity index is 166. The van der Waals surface area contributed by atoms with Crippen molar-refractivity contribution in [3.63, 3.8) is 0 Å². The van der Waals surface area contributed by atoms with Gasteiger partial charge < -0.3 is 5.73 Å². The molecule has 2 saturated carbocycles. The molecule has 0 bridgehead atoms. The molecule has 2 aliphatic carbocycles. The lowest BCUT2D eigenvalue weighted by atomic mass is 9.83. The molecule has 0 amide bonds. The molecule has 2 unspecified atom stereocenters. The third-order valence-electron chi connectivity index (χ3n) is 4.42. The van der Waals surface area contributed by atoms with Gasteiger partial charge in [0.15, 0.2) is 0 Å². The van der Waals surface area contributed by atoms with Gasteiger partial charge in [-0.3, -0.25) is 0 Å². The summed E-state index contributed by atoms with van der Waals surface area (Å²) >= 11 is 0. The third-order valence-corrected chi connectivity index (χ3v) is 4.42. The van der Waals surface area contributed by atoms with Crippen molar-refractivity contribution in [2.24, 2.45) is 23.5 Å². The largest absolute Gasteiger partial charge is 0.327 e. The van der Waals surface area contributed by atoms with Crippen molar-refractivity contribution in [1.82, 2.24) is 0 Å². The molecule has 1 nitrogen and oxygen atoms in total. The fraction of sp³-hybridized carbons (Fsp3) is 1.00. The van der Waals surface area contributed by atoms with Crippen LogP contribution in [-0.4, -0.2) is 6.04 Å². The molecule has 1 heteroatoms. The van der Waals surface area contributed by atoms with Gasteiger partial charge in [0.2, 0.25) is 0 Å². The first-order valence-electron chi connectivity index (χ1n) is 6.54. The highest BCUT2D eigenvalue weighted by Gasteiger charge is 2.34. The van der Waals surface area contributed by atoms with Gasteiger partial charge in [-0.2, -0.15) is 0 Å². The summed E-state index contributed by atoms with van der Waals surface area (Å²) in [5.74, 6) is 2.61. The Labute approximate surface area is 88.4 Å². The van der Waals surface area contributed by atoms with Crippen molar-refractivity contribution in [3.05, 3.63) is 0 Å². The molecule has 2 aliphatic rings. The standard InChI is InChI=1S/C13H25N/c1-10(11-8-9-11)13(14)12-6-4-2-3-5-7-12/h10-13H,2-9,14H2,1H3. The fourth-order valence-corrected chi connectivity index (χ4v) is 3.06. The first-order valence-corrected chi connectivity index (χ1v) is 6.54. The maximum atomic E-state index is 6.40. The van der Waals surface area contributed by atoms with E-state index in [0.717, 1.165) is 17.8 Å². The summed E-state index contributed by atoms with van der Waals surface area (Å²) < 4.78 is 0. The van der Waals surface area contributed by atoms with E-state index < -0.39 is 0 Å². The van der Waals surface area contributed by atoms with Gasteiger partial charge in [0, 0.05) is 6.04 Å². The molecular weight excluding hydrogens is 170 g/mol. The Morgan fingerprint density at radius 1 is 0.857 bits per heavy atom. The zero-order valence-electron chi connectivity index (χ0n) is 9.54. The molecular formula is C13H25N. The Kier molecular flexibility index (Phi) is 3.48. The smallest absolute Gasteiger partial charge is 0.00956 e. The van der Waals surface area contributed by atoms with Gasteiger partial charge >= 0.3 is 0 Å². The molecule has 2 fully saturated rings. The van der Waals surface area contributed by atoms with Crippen molar-refractivity contribution in [2.75, 3.05) is 0 Å². The van der Waals surface area contributed by atoms with Crippen LogP contribution in [0.4, 0.5) is 0 Å². The second-order valence-electron chi connectivity index (χ2n) is 5.53. The van der Waals surface area contributed by atoms with E-state index in [1.807, 2.05) is 0 Å². The Morgan fingerprint density at radius 2 is 1.43 bits per heavy atom. The molecule has 0 aliphatic heterocycles. The minimum atomic E-state index is 0.501. The number of nitrogens with two attached hydrogens (primary N) is 1. The monoisotopic (exact) mass is 195 g/mol. The lowest BCUT2D eigenvalue weighted by molar-refractivity contribution is 0.275. The topological polar surface area (TPSA) is 26.0 Å². The van der Waals surface area contributed by atoms with Gasteiger partial charge in [-0.05, 0) is 43.4 Å². The van der Waals surface area contributed by atoms with Crippen LogP contribution in [0.25, 0.3) is 0 Å². The van der Waals surface area contributed by atoms with E-state index in [-0.39, 0.29) is 0 Å². The lowest BCUT2D eigenvalue weighted by Crippen LogP contribution is -2.37. The Balaban J connectivity index is 1.84. The average molecular weight is 195 g/mol. The molecule has 0 aromatic carbocycles. The van der Waals surface area contributed by atoms with E-state index in [1.165, 1.54) is 51.4 Å². The fourth-order valence-electron chi connectivity index (χ4n) is 3.06. The van der Waals surface area contributed by atoms with E-state index in [4.69, 9.17) is 5.73 Å². The second kappa shape index (κ2) is 4.65. The summed E-state index contributed by atoms with van der Waals surface area (Å²) in [5, 5.41) is 0. The van der Waals surface area contributed by atoms with Crippen molar-refractivity contribution in [3.8, 4) is 0 Å². The third kappa shape index (κ3) is 2.50. The molecule has 2 rings (SSSR count). The SMILES string of the molecule is CC(C1CC1)C(N)C1CCCCCC1. The van der Waals surface area contributed by atoms with Crippen molar-refractivity contribution in [2.45, 2.75) is 64.3 Å². The summed E-state index contributed by atoms with van der Waals surface area (Å²) in [6, 6.07) is 0.501. The van der Waals surface area contributed by atoms with Gasteiger partial charge in [0.1, 0.15) is 0 Å². The zero-order chi connectivity index (χ0) is 9.97. The highest BCUT2D eigenvalue weighted by molar-refractivity contribution is 4.88. The lowest BCUT2D eigenvalue weighted by Gasteiger charge is -2.28. The first kappa shape index (κ1) is 10.5.